The second kappa shape index (κ2) is 7.07. The maximum absolute atomic E-state index is 12.7. The third-order valence-corrected chi connectivity index (χ3v) is 6.05. The van der Waals surface area contributed by atoms with Crippen LogP contribution in [-0.4, -0.2) is 55.5 Å². The Labute approximate surface area is 131 Å². The zero-order valence-electron chi connectivity index (χ0n) is 12.1. The molecule has 0 saturated carbocycles. The first kappa shape index (κ1) is 16.7. The van der Waals surface area contributed by atoms with E-state index in [1.54, 1.807) is 6.07 Å². The van der Waals surface area contributed by atoms with Crippen molar-refractivity contribution in [2.24, 2.45) is 0 Å². The summed E-state index contributed by atoms with van der Waals surface area (Å²) < 4.78 is 26.8. The van der Waals surface area contributed by atoms with E-state index >= 15 is 0 Å². The average molecular weight is 333 g/mol. The molecule has 0 radical (unpaired) electrons. The molecule has 118 valence electrons. The molecule has 1 heterocycles. The number of aliphatic hydroxyl groups is 1. The number of halogens is 1. The van der Waals surface area contributed by atoms with E-state index in [2.05, 4.69) is 11.8 Å². The minimum atomic E-state index is -3.60. The Morgan fingerprint density at radius 2 is 1.90 bits per heavy atom. The van der Waals surface area contributed by atoms with Gasteiger partial charge in [-0.3, -0.25) is 0 Å². The van der Waals surface area contributed by atoms with Crippen molar-refractivity contribution < 1.29 is 13.5 Å². The molecular formula is C14H21ClN2O3S. The highest BCUT2D eigenvalue weighted by atomic mass is 35.5. The van der Waals surface area contributed by atoms with Crippen LogP contribution in [0.2, 0.25) is 5.02 Å². The molecule has 1 saturated heterocycles. The first-order valence-electron chi connectivity index (χ1n) is 7.11. The second-order valence-electron chi connectivity index (χ2n) is 5.17. The van der Waals surface area contributed by atoms with E-state index in [9.17, 15) is 8.42 Å². The molecule has 0 spiro atoms. The molecule has 1 aromatic carbocycles. The van der Waals surface area contributed by atoms with Crippen LogP contribution in [-0.2, 0) is 16.6 Å². The van der Waals surface area contributed by atoms with Crippen molar-refractivity contribution in [1.29, 1.82) is 0 Å². The van der Waals surface area contributed by atoms with E-state index in [1.165, 1.54) is 16.4 Å². The van der Waals surface area contributed by atoms with Gasteiger partial charge in [0.1, 0.15) is 4.90 Å². The molecular weight excluding hydrogens is 312 g/mol. The Morgan fingerprint density at radius 1 is 1.24 bits per heavy atom. The third-order valence-electron chi connectivity index (χ3n) is 3.67. The van der Waals surface area contributed by atoms with E-state index in [1.807, 2.05) is 0 Å². The molecule has 0 atom stereocenters. The van der Waals surface area contributed by atoms with Gasteiger partial charge < -0.3 is 10.0 Å². The lowest BCUT2D eigenvalue weighted by Crippen LogP contribution is -2.48. The van der Waals surface area contributed by atoms with E-state index < -0.39 is 10.0 Å². The summed E-state index contributed by atoms with van der Waals surface area (Å²) in [6, 6.07) is 4.60. The summed E-state index contributed by atoms with van der Waals surface area (Å²) in [5.41, 5.74) is 0.544. The van der Waals surface area contributed by atoms with E-state index in [0.717, 1.165) is 26.1 Å². The minimum absolute atomic E-state index is 0.0830. The lowest BCUT2D eigenvalue weighted by atomic mass is 10.2. The fourth-order valence-corrected chi connectivity index (χ4v) is 4.44. The fraction of sp³-hybridized carbons (Fsp3) is 0.571. The Kier molecular flexibility index (Phi) is 5.62. The van der Waals surface area contributed by atoms with Crippen LogP contribution in [0.4, 0.5) is 0 Å². The molecule has 1 aliphatic heterocycles. The summed E-state index contributed by atoms with van der Waals surface area (Å²) in [5.74, 6) is 0. The van der Waals surface area contributed by atoms with Gasteiger partial charge in [0.25, 0.3) is 0 Å². The van der Waals surface area contributed by atoms with Gasteiger partial charge in [-0.1, -0.05) is 24.6 Å². The van der Waals surface area contributed by atoms with Gasteiger partial charge in [-0.05, 0) is 30.7 Å². The summed E-state index contributed by atoms with van der Waals surface area (Å²) in [4.78, 5) is 2.34. The minimum Gasteiger partial charge on any atom is -0.392 e. The second-order valence-corrected chi connectivity index (χ2v) is 7.48. The molecule has 0 amide bonds. The Bertz CT molecular complexity index is 584. The number of hydrogen-bond acceptors (Lipinski definition) is 4. The van der Waals surface area contributed by atoms with Crippen molar-refractivity contribution in [2.45, 2.75) is 24.8 Å². The molecule has 1 fully saturated rings. The molecule has 0 aromatic heterocycles. The van der Waals surface area contributed by atoms with Crippen LogP contribution in [0.25, 0.3) is 0 Å². The summed E-state index contributed by atoms with van der Waals surface area (Å²) in [6.07, 6.45) is 1.07. The van der Waals surface area contributed by atoms with Crippen LogP contribution < -0.4 is 0 Å². The van der Waals surface area contributed by atoms with Gasteiger partial charge in [0.15, 0.2) is 0 Å². The maximum atomic E-state index is 12.7. The van der Waals surface area contributed by atoms with Gasteiger partial charge in [0.05, 0.1) is 11.6 Å². The van der Waals surface area contributed by atoms with E-state index in [-0.39, 0.29) is 16.5 Å². The SMILES string of the molecule is CCCN1CCN(S(=O)(=O)c2cc(CO)ccc2Cl)CC1. The number of aliphatic hydroxyl groups excluding tert-OH is 1. The van der Waals surface area contributed by atoms with Crippen LogP contribution in [0.15, 0.2) is 23.1 Å². The number of piperazine rings is 1. The third kappa shape index (κ3) is 3.76. The fourth-order valence-electron chi connectivity index (χ4n) is 2.49. The van der Waals surface area contributed by atoms with Gasteiger partial charge in [-0.15, -0.1) is 0 Å². The Balaban J connectivity index is 2.19. The summed E-state index contributed by atoms with van der Waals surface area (Å²) >= 11 is 6.04. The zero-order chi connectivity index (χ0) is 15.5. The van der Waals surface area contributed by atoms with E-state index in [4.69, 9.17) is 16.7 Å². The molecule has 2 rings (SSSR count). The number of sulfonamides is 1. The number of rotatable bonds is 5. The molecule has 7 heteroatoms. The van der Waals surface area contributed by atoms with Crippen molar-refractivity contribution in [3.05, 3.63) is 28.8 Å². The molecule has 5 nitrogen and oxygen atoms in total. The molecule has 0 unspecified atom stereocenters. The van der Waals surface area contributed by atoms with Gasteiger partial charge in [-0.25, -0.2) is 8.42 Å². The molecule has 1 N–H and O–H groups in total. The van der Waals surface area contributed by atoms with Crippen molar-refractivity contribution in [2.75, 3.05) is 32.7 Å². The van der Waals surface area contributed by atoms with Crippen molar-refractivity contribution in [3.8, 4) is 0 Å². The van der Waals surface area contributed by atoms with Crippen LogP contribution in [0.3, 0.4) is 0 Å². The van der Waals surface area contributed by atoms with Gasteiger partial charge in [0, 0.05) is 26.2 Å². The largest absolute Gasteiger partial charge is 0.392 e. The summed E-state index contributed by atoms with van der Waals surface area (Å²) in [6.45, 7) is 5.33. The average Bonchev–Trinajstić information content (AvgIpc) is 2.48. The number of nitrogens with zero attached hydrogens (tertiary/aromatic N) is 2. The highest BCUT2D eigenvalue weighted by molar-refractivity contribution is 7.89. The van der Waals surface area contributed by atoms with Crippen molar-refractivity contribution in [1.82, 2.24) is 9.21 Å². The number of benzene rings is 1. The van der Waals surface area contributed by atoms with Crippen LogP contribution in [0.1, 0.15) is 18.9 Å². The summed E-state index contributed by atoms with van der Waals surface area (Å²) in [7, 11) is -3.60. The van der Waals surface area contributed by atoms with E-state index in [0.29, 0.717) is 18.7 Å². The van der Waals surface area contributed by atoms with Crippen LogP contribution in [0, 0.1) is 0 Å². The summed E-state index contributed by atoms with van der Waals surface area (Å²) in [5, 5.41) is 9.36. The maximum Gasteiger partial charge on any atom is 0.244 e. The highest BCUT2D eigenvalue weighted by Gasteiger charge is 2.30. The lowest BCUT2D eigenvalue weighted by Gasteiger charge is -2.33. The van der Waals surface area contributed by atoms with Gasteiger partial charge in [0.2, 0.25) is 10.0 Å². The first-order valence-corrected chi connectivity index (χ1v) is 8.92. The highest BCUT2D eigenvalue weighted by Crippen LogP contribution is 2.26. The molecule has 0 aliphatic carbocycles. The van der Waals surface area contributed by atoms with Crippen LogP contribution in [0.5, 0.6) is 0 Å². The van der Waals surface area contributed by atoms with Gasteiger partial charge in [-0.2, -0.15) is 4.31 Å². The monoisotopic (exact) mass is 332 g/mol. The predicted octanol–water partition coefficient (Wildman–Crippen LogP) is 1.55. The van der Waals surface area contributed by atoms with Gasteiger partial charge >= 0.3 is 0 Å². The molecule has 1 aliphatic rings. The van der Waals surface area contributed by atoms with Crippen LogP contribution >= 0.6 is 11.6 Å². The number of hydrogen-bond donors (Lipinski definition) is 1. The molecule has 0 bridgehead atoms. The standard InChI is InChI=1S/C14H21ClN2O3S/c1-2-5-16-6-8-17(9-7-16)21(19,20)14-10-12(11-18)3-4-13(14)15/h3-4,10,18H,2,5-9,11H2,1H3. The Hall–Kier alpha value is -0.660. The molecule has 1 aromatic rings. The molecule has 21 heavy (non-hydrogen) atoms. The lowest BCUT2D eigenvalue weighted by molar-refractivity contribution is 0.188. The Morgan fingerprint density at radius 3 is 2.48 bits per heavy atom. The smallest absolute Gasteiger partial charge is 0.244 e. The van der Waals surface area contributed by atoms with Crippen molar-refractivity contribution >= 4 is 21.6 Å². The normalized spacial score (nSPS) is 18.0. The quantitative estimate of drug-likeness (QED) is 0.888. The van der Waals surface area contributed by atoms with Crippen molar-refractivity contribution in [3.63, 3.8) is 0 Å². The zero-order valence-corrected chi connectivity index (χ0v) is 13.7. The topological polar surface area (TPSA) is 60.9 Å². The first-order chi connectivity index (χ1) is 9.98. The predicted molar refractivity (Wildman–Crippen MR) is 82.9 cm³/mol.